The van der Waals surface area contributed by atoms with E-state index in [0.29, 0.717) is 11.7 Å². The van der Waals surface area contributed by atoms with Gasteiger partial charge in [0.1, 0.15) is 5.69 Å². The van der Waals surface area contributed by atoms with E-state index >= 15 is 0 Å². The van der Waals surface area contributed by atoms with Crippen molar-refractivity contribution in [1.29, 1.82) is 0 Å². The van der Waals surface area contributed by atoms with Gasteiger partial charge in [0, 0.05) is 13.1 Å². The molecule has 0 bridgehead atoms. The van der Waals surface area contributed by atoms with Gasteiger partial charge in [-0.05, 0) is 32.4 Å². The maximum absolute atomic E-state index is 11.4. The van der Waals surface area contributed by atoms with Crippen LogP contribution in [0.3, 0.4) is 0 Å². The number of rotatable bonds is 3. The van der Waals surface area contributed by atoms with E-state index < -0.39 is 0 Å². The highest BCUT2D eigenvalue weighted by molar-refractivity contribution is 5.60. The minimum atomic E-state index is -0.257. The molecular formula is C11H19N5O. The van der Waals surface area contributed by atoms with Crippen LogP contribution in [-0.2, 0) is 0 Å². The Morgan fingerprint density at radius 3 is 2.94 bits per heavy atom. The molecule has 0 unspecified atom stereocenters. The predicted molar refractivity (Wildman–Crippen MR) is 68.1 cm³/mol. The van der Waals surface area contributed by atoms with E-state index in [4.69, 9.17) is 5.73 Å². The maximum atomic E-state index is 11.4. The van der Waals surface area contributed by atoms with Gasteiger partial charge in [-0.25, -0.2) is 4.98 Å². The minimum Gasteiger partial charge on any atom is -0.391 e. The van der Waals surface area contributed by atoms with E-state index in [9.17, 15) is 4.79 Å². The Morgan fingerprint density at radius 1 is 1.59 bits per heavy atom. The third-order valence-electron chi connectivity index (χ3n) is 3.27. The Morgan fingerprint density at radius 2 is 2.29 bits per heavy atom. The lowest BCUT2D eigenvalue weighted by Crippen LogP contribution is -2.38. The van der Waals surface area contributed by atoms with Crippen LogP contribution in [0.2, 0.25) is 0 Å². The van der Waals surface area contributed by atoms with Crippen LogP contribution in [0.15, 0.2) is 11.1 Å². The van der Waals surface area contributed by atoms with Crippen LogP contribution in [0.5, 0.6) is 0 Å². The maximum Gasteiger partial charge on any atom is 0.276 e. The summed E-state index contributed by atoms with van der Waals surface area (Å²) >= 11 is 0. The largest absolute Gasteiger partial charge is 0.391 e. The fourth-order valence-electron chi connectivity index (χ4n) is 2.29. The summed E-state index contributed by atoms with van der Waals surface area (Å²) in [4.78, 5) is 20.1. The smallest absolute Gasteiger partial charge is 0.276 e. The number of nitrogens with two attached hydrogens (primary N) is 1. The number of hydrogen-bond acceptors (Lipinski definition) is 5. The topological polar surface area (TPSA) is 87.0 Å². The standard InChI is InChI=1S/C11H19N5O/c1-13-6-8-2-4-16(5-3-8)10-9(12)11(17)15-7-14-10/h7-8,13H,2-6,12H2,1H3,(H,14,15,17). The summed E-state index contributed by atoms with van der Waals surface area (Å²) in [6, 6.07) is 0. The lowest BCUT2D eigenvalue weighted by atomic mass is 9.97. The van der Waals surface area contributed by atoms with Crippen LogP contribution in [0.4, 0.5) is 11.5 Å². The van der Waals surface area contributed by atoms with Crippen LogP contribution in [0, 0.1) is 5.92 Å². The summed E-state index contributed by atoms with van der Waals surface area (Å²) in [6.45, 7) is 2.87. The van der Waals surface area contributed by atoms with Crippen molar-refractivity contribution in [2.45, 2.75) is 12.8 Å². The highest BCUT2D eigenvalue weighted by Gasteiger charge is 2.21. The highest BCUT2D eigenvalue weighted by Crippen LogP contribution is 2.23. The molecule has 1 aromatic heterocycles. The zero-order valence-corrected chi connectivity index (χ0v) is 10.1. The molecule has 1 aliphatic rings. The first-order valence-electron chi connectivity index (χ1n) is 5.95. The Hall–Kier alpha value is -1.56. The SMILES string of the molecule is CNCC1CCN(c2nc[nH]c(=O)c2N)CC1. The Labute approximate surface area is 100 Å². The molecule has 0 spiro atoms. The second-order valence-corrected chi connectivity index (χ2v) is 4.46. The fraction of sp³-hybridized carbons (Fsp3) is 0.636. The van der Waals surface area contributed by atoms with Gasteiger partial charge >= 0.3 is 0 Å². The van der Waals surface area contributed by atoms with E-state index in [1.165, 1.54) is 6.33 Å². The molecule has 0 aromatic carbocycles. The van der Waals surface area contributed by atoms with E-state index in [0.717, 1.165) is 32.5 Å². The second kappa shape index (κ2) is 5.18. The monoisotopic (exact) mass is 237 g/mol. The molecule has 1 saturated heterocycles. The van der Waals surface area contributed by atoms with Gasteiger partial charge < -0.3 is 20.9 Å². The van der Waals surface area contributed by atoms with Crippen molar-refractivity contribution in [3.63, 3.8) is 0 Å². The summed E-state index contributed by atoms with van der Waals surface area (Å²) < 4.78 is 0. The molecule has 2 heterocycles. The Balaban J connectivity index is 2.05. The predicted octanol–water partition coefficient (Wildman–Crippen LogP) is -0.212. The summed E-state index contributed by atoms with van der Waals surface area (Å²) in [5.74, 6) is 1.33. The van der Waals surface area contributed by atoms with E-state index in [-0.39, 0.29) is 11.2 Å². The normalized spacial score (nSPS) is 17.4. The molecular weight excluding hydrogens is 218 g/mol. The van der Waals surface area contributed by atoms with Gasteiger partial charge in [-0.3, -0.25) is 4.79 Å². The first kappa shape index (κ1) is 11.9. The van der Waals surface area contributed by atoms with Gasteiger partial charge in [0.05, 0.1) is 6.33 Å². The van der Waals surface area contributed by atoms with Crippen LogP contribution in [0.1, 0.15) is 12.8 Å². The molecule has 1 aromatic rings. The van der Waals surface area contributed by atoms with E-state index in [1.807, 2.05) is 7.05 Å². The fourth-order valence-corrected chi connectivity index (χ4v) is 2.29. The molecule has 0 saturated carbocycles. The molecule has 0 aliphatic carbocycles. The molecule has 0 radical (unpaired) electrons. The number of nitrogens with zero attached hydrogens (tertiary/aromatic N) is 2. The summed E-state index contributed by atoms with van der Waals surface area (Å²) in [5, 5.41) is 3.20. The van der Waals surface area contributed by atoms with Gasteiger partial charge in [-0.1, -0.05) is 0 Å². The summed E-state index contributed by atoms with van der Waals surface area (Å²) in [5.41, 5.74) is 5.71. The lowest BCUT2D eigenvalue weighted by Gasteiger charge is -2.32. The zero-order valence-electron chi connectivity index (χ0n) is 10.1. The second-order valence-electron chi connectivity index (χ2n) is 4.46. The minimum absolute atomic E-state index is 0.222. The van der Waals surface area contributed by atoms with Crippen LogP contribution >= 0.6 is 0 Å². The first-order chi connectivity index (χ1) is 8.22. The molecule has 17 heavy (non-hydrogen) atoms. The average Bonchev–Trinajstić information content (AvgIpc) is 2.34. The van der Waals surface area contributed by atoms with Crippen molar-refractivity contribution < 1.29 is 0 Å². The number of hydrogen-bond donors (Lipinski definition) is 3. The van der Waals surface area contributed by atoms with Crippen molar-refractivity contribution in [1.82, 2.24) is 15.3 Å². The molecule has 94 valence electrons. The average molecular weight is 237 g/mol. The highest BCUT2D eigenvalue weighted by atomic mass is 16.1. The molecule has 0 amide bonds. The van der Waals surface area contributed by atoms with Gasteiger partial charge in [-0.2, -0.15) is 0 Å². The van der Waals surface area contributed by atoms with Crippen LogP contribution in [0.25, 0.3) is 0 Å². The van der Waals surface area contributed by atoms with Gasteiger partial charge in [-0.15, -0.1) is 0 Å². The van der Waals surface area contributed by atoms with Crippen LogP contribution in [-0.4, -0.2) is 36.6 Å². The number of aromatic nitrogens is 2. The summed E-state index contributed by atoms with van der Waals surface area (Å²) in [6.07, 6.45) is 3.62. The van der Waals surface area contributed by atoms with Gasteiger partial charge in [0.25, 0.3) is 5.56 Å². The molecule has 0 atom stereocenters. The number of piperidine rings is 1. The Kier molecular flexibility index (Phi) is 3.63. The number of H-pyrrole nitrogens is 1. The van der Waals surface area contributed by atoms with Crippen molar-refractivity contribution >= 4 is 11.5 Å². The number of anilines is 2. The van der Waals surface area contributed by atoms with Gasteiger partial charge in [0.15, 0.2) is 5.82 Å². The summed E-state index contributed by atoms with van der Waals surface area (Å²) in [7, 11) is 1.97. The zero-order chi connectivity index (χ0) is 12.3. The van der Waals surface area contributed by atoms with E-state index in [2.05, 4.69) is 20.2 Å². The van der Waals surface area contributed by atoms with Crippen molar-refractivity contribution in [2.24, 2.45) is 5.92 Å². The molecule has 6 heteroatoms. The third kappa shape index (κ3) is 2.58. The molecule has 4 N–H and O–H groups in total. The number of aromatic amines is 1. The van der Waals surface area contributed by atoms with Crippen molar-refractivity contribution in [2.75, 3.05) is 37.3 Å². The lowest BCUT2D eigenvalue weighted by molar-refractivity contribution is 0.392. The number of nitrogen functional groups attached to an aromatic ring is 1. The molecule has 1 aliphatic heterocycles. The Bertz CT molecular complexity index is 422. The van der Waals surface area contributed by atoms with Crippen LogP contribution < -0.4 is 21.5 Å². The van der Waals surface area contributed by atoms with E-state index in [1.54, 1.807) is 0 Å². The van der Waals surface area contributed by atoms with Gasteiger partial charge in [0.2, 0.25) is 0 Å². The molecule has 2 rings (SSSR count). The molecule has 1 fully saturated rings. The quantitative estimate of drug-likeness (QED) is 0.677. The molecule has 6 nitrogen and oxygen atoms in total. The van der Waals surface area contributed by atoms with Crippen molar-refractivity contribution in [3.8, 4) is 0 Å². The first-order valence-corrected chi connectivity index (χ1v) is 5.95. The van der Waals surface area contributed by atoms with Crippen molar-refractivity contribution in [3.05, 3.63) is 16.7 Å². The number of nitrogens with one attached hydrogen (secondary N) is 2. The third-order valence-corrected chi connectivity index (χ3v) is 3.27.